The minimum absolute atomic E-state index is 0.192. The molecule has 16 heavy (non-hydrogen) atoms. The van der Waals surface area contributed by atoms with Crippen molar-refractivity contribution in [3.8, 4) is 0 Å². The number of hydrogen-bond acceptors (Lipinski definition) is 6. The maximum Gasteiger partial charge on any atom is 0.306 e. The Balaban J connectivity index is 1.90. The number of carboxylic acid groups (broad SMARTS) is 1. The molecule has 86 valence electrons. The smallest absolute Gasteiger partial charge is 0.306 e. The van der Waals surface area contributed by atoms with Gasteiger partial charge in [0, 0.05) is 17.5 Å². The van der Waals surface area contributed by atoms with Crippen LogP contribution in [0.4, 0.5) is 5.13 Å². The maximum absolute atomic E-state index is 11.7. The van der Waals surface area contributed by atoms with Gasteiger partial charge >= 0.3 is 5.97 Å². The van der Waals surface area contributed by atoms with Crippen molar-refractivity contribution in [1.82, 2.24) is 14.8 Å². The lowest BCUT2D eigenvalue weighted by Crippen LogP contribution is -2.21. The minimum atomic E-state index is -0.826. The highest BCUT2D eigenvalue weighted by atomic mass is 32.1. The highest BCUT2D eigenvalue weighted by molar-refractivity contribution is 7.09. The summed E-state index contributed by atoms with van der Waals surface area (Å²) in [5.74, 6) is -1.66. The second kappa shape index (κ2) is 4.52. The highest BCUT2D eigenvalue weighted by Crippen LogP contribution is 2.31. The number of anilines is 1. The molecule has 1 fully saturated rings. The van der Waals surface area contributed by atoms with E-state index >= 15 is 0 Å². The van der Waals surface area contributed by atoms with E-state index in [1.165, 1.54) is 0 Å². The second-order valence-corrected chi connectivity index (χ2v) is 4.43. The number of carbonyl (C=O) groups excluding carboxylic acids is 1. The number of aromatic nitrogens is 3. The van der Waals surface area contributed by atoms with Crippen LogP contribution in [0.2, 0.25) is 0 Å². The van der Waals surface area contributed by atoms with E-state index in [1.54, 1.807) is 0 Å². The van der Waals surface area contributed by atoms with Crippen molar-refractivity contribution in [3.05, 3.63) is 0 Å². The molecule has 1 aliphatic carbocycles. The van der Waals surface area contributed by atoms with Crippen molar-refractivity contribution in [2.75, 3.05) is 5.32 Å². The number of aliphatic carboxylic acids is 1. The average molecular weight is 242 g/mol. The Labute approximate surface area is 95.0 Å². The molecule has 0 spiro atoms. The molecule has 0 bridgehead atoms. The van der Waals surface area contributed by atoms with E-state index in [0.717, 1.165) is 11.5 Å². The maximum atomic E-state index is 11.7. The predicted molar refractivity (Wildman–Crippen MR) is 54.8 cm³/mol. The number of amides is 1. The van der Waals surface area contributed by atoms with Gasteiger partial charge in [0.2, 0.25) is 11.0 Å². The summed E-state index contributed by atoms with van der Waals surface area (Å²) in [4.78, 5) is 22.4. The molecule has 0 aromatic carbocycles. The molecular formula is C8H10N4O3S. The van der Waals surface area contributed by atoms with Gasteiger partial charge in [-0.1, -0.05) is 9.59 Å². The molecule has 1 aliphatic rings. The van der Waals surface area contributed by atoms with E-state index in [0.29, 0.717) is 24.4 Å². The SMILES string of the molecule is O=C(O)[C@H]1CC[C@@H](C(=O)Nc2nnns2)C1. The fraction of sp³-hybridized carbons (Fsp3) is 0.625. The molecule has 1 aromatic heterocycles. The Hall–Kier alpha value is -1.57. The van der Waals surface area contributed by atoms with Gasteiger partial charge in [0.1, 0.15) is 0 Å². The van der Waals surface area contributed by atoms with E-state index in [1.807, 2.05) is 0 Å². The lowest BCUT2D eigenvalue weighted by atomic mass is 10.0. The van der Waals surface area contributed by atoms with Crippen molar-refractivity contribution in [3.63, 3.8) is 0 Å². The molecule has 2 atom stereocenters. The number of nitrogens with zero attached hydrogens (tertiary/aromatic N) is 3. The van der Waals surface area contributed by atoms with Gasteiger partial charge in [0.25, 0.3) is 0 Å². The van der Waals surface area contributed by atoms with Crippen LogP contribution in [0.5, 0.6) is 0 Å². The van der Waals surface area contributed by atoms with Crippen LogP contribution in [0.15, 0.2) is 0 Å². The summed E-state index contributed by atoms with van der Waals surface area (Å²) in [6, 6.07) is 0. The van der Waals surface area contributed by atoms with Crippen LogP contribution in [0.1, 0.15) is 19.3 Å². The van der Waals surface area contributed by atoms with Gasteiger partial charge in [0.05, 0.1) is 5.92 Å². The van der Waals surface area contributed by atoms with Gasteiger partial charge in [-0.3, -0.25) is 14.9 Å². The third kappa shape index (κ3) is 2.32. The third-order valence-electron chi connectivity index (χ3n) is 2.68. The summed E-state index contributed by atoms with van der Waals surface area (Å²) in [6.07, 6.45) is 1.56. The van der Waals surface area contributed by atoms with Crippen LogP contribution in [-0.2, 0) is 9.59 Å². The fourth-order valence-electron chi connectivity index (χ4n) is 1.83. The predicted octanol–water partition coefficient (Wildman–Crippen LogP) is 0.372. The molecule has 1 amide bonds. The van der Waals surface area contributed by atoms with Crippen LogP contribution in [0, 0.1) is 11.8 Å². The van der Waals surface area contributed by atoms with Crippen molar-refractivity contribution >= 4 is 28.5 Å². The van der Waals surface area contributed by atoms with E-state index in [-0.39, 0.29) is 11.8 Å². The summed E-state index contributed by atoms with van der Waals surface area (Å²) in [5.41, 5.74) is 0. The van der Waals surface area contributed by atoms with Crippen LogP contribution in [0.25, 0.3) is 0 Å². The average Bonchev–Trinajstić information content (AvgIpc) is 2.86. The lowest BCUT2D eigenvalue weighted by molar-refractivity contribution is -0.141. The molecule has 0 aliphatic heterocycles. The number of nitrogens with one attached hydrogen (secondary N) is 1. The molecule has 0 saturated heterocycles. The highest BCUT2D eigenvalue weighted by Gasteiger charge is 2.34. The minimum Gasteiger partial charge on any atom is -0.481 e. The van der Waals surface area contributed by atoms with Crippen molar-refractivity contribution in [2.45, 2.75) is 19.3 Å². The van der Waals surface area contributed by atoms with Gasteiger partial charge in [-0.05, 0) is 24.5 Å². The van der Waals surface area contributed by atoms with Crippen molar-refractivity contribution in [2.24, 2.45) is 11.8 Å². The summed E-state index contributed by atoms with van der Waals surface area (Å²) < 4.78 is 3.52. The molecule has 2 N–H and O–H groups in total. The Morgan fingerprint density at radius 2 is 2.12 bits per heavy atom. The van der Waals surface area contributed by atoms with Gasteiger partial charge < -0.3 is 5.11 Å². The second-order valence-electron chi connectivity index (χ2n) is 3.70. The van der Waals surface area contributed by atoms with Crippen LogP contribution in [-0.4, -0.2) is 31.8 Å². The number of hydrogen-bond donors (Lipinski definition) is 2. The van der Waals surface area contributed by atoms with E-state index in [4.69, 9.17) is 5.11 Å². The molecule has 0 radical (unpaired) electrons. The van der Waals surface area contributed by atoms with E-state index in [9.17, 15) is 9.59 Å². The molecule has 0 unspecified atom stereocenters. The van der Waals surface area contributed by atoms with E-state index < -0.39 is 11.9 Å². The zero-order valence-electron chi connectivity index (χ0n) is 8.29. The number of carbonyl (C=O) groups is 2. The summed E-state index contributed by atoms with van der Waals surface area (Å²) >= 11 is 0.997. The quantitative estimate of drug-likeness (QED) is 0.793. The summed E-state index contributed by atoms with van der Waals surface area (Å²) in [6.45, 7) is 0. The van der Waals surface area contributed by atoms with Gasteiger partial charge in [-0.25, -0.2) is 0 Å². The Morgan fingerprint density at radius 3 is 2.69 bits per heavy atom. The molecule has 1 heterocycles. The van der Waals surface area contributed by atoms with Crippen LogP contribution >= 0.6 is 11.5 Å². The van der Waals surface area contributed by atoms with Crippen LogP contribution < -0.4 is 5.32 Å². The Kier molecular flexibility index (Phi) is 3.09. The molecule has 8 heteroatoms. The Bertz CT molecular complexity index is 394. The topological polar surface area (TPSA) is 105 Å². The summed E-state index contributed by atoms with van der Waals surface area (Å²) in [7, 11) is 0. The lowest BCUT2D eigenvalue weighted by Gasteiger charge is -2.07. The van der Waals surface area contributed by atoms with Crippen molar-refractivity contribution in [1.29, 1.82) is 0 Å². The molecule has 7 nitrogen and oxygen atoms in total. The Morgan fingerprint density at radius 1 is 1.38 bits per heavy atom. The standard InChI is InChI=1S/C8H10N4O3S/c13-6(9-8-10-11-12-16-8)4-1-2-5(3-4)7(14)15/h4-5H,1-3H2,(H,14,15)(H,9,10,12,13)/t4-,5+/m1/s1. The zero-order chi connectivity index (χ0) is 11.5. The summed E-state index contributed by atoms with van der Waals surface area (Å²) in [5, 5.41) is 18.7. The zero-order valence-corrected chi connectivity index (χ0v) is 9.11. The van der Waals surface area contributed by atoms with Gasteiger partial charge in [0.15, 0.2) is 0 Å². The molecule has 1 aromatic rings. The fourth-order valence-corrected chi connectivity index (χ4v) is 2.20. The molecule has 2 rings (SSSR count). The van der Waals surface area contributed by atoms with Crippen molar-refractivity contribution < 1.29 is 14.7 Å². The first-order valence-electron chi connectivity index (χ1n) is 4.85. The number of rotatable bonds is 3. The van der Waals surface area contributed by atoms with E-state index in [2.05, 4.69) is 20.1 Å². The first-order chi connectivity index (χ1) is 7.66. The first kappa shape index (κ1) is 10.9. The normalized spacial score (nSPS) is 24.2. The number of carboxylic acids is 1. The van der Waals surface area contributed by atoms with Crippen LogP contribution in [0.3, 0.4) is 0 Å². The van der Waals surface area contributed by atoms with Gasteiger partial charge in [-0.2, -0.15) is 0 Å². The van der Waals surface area contributed by atoms with Gasteiger partial charge in [-0.15, -0.1) is 0 Å². The monoisotopic (exact) mass is 242 g/mol. The third-order valence-corrected chi connectivity index (χ3v) is 3.19. The first-order valence-corrected chi connectivity index (χ1v) is 5.63. The molecular weight excluding hydrogens is 232 g/mol. The largest absolute Gasteiger partial charge is 0.481 e. The molecule has 1 saturated carbocycles.